The van der Waals surface area contributed by atoms with E-state index in [-0.39, 0.29) is 17.0 Å². The van der Waals surface area contributed by atoms with Gasteiger partial charge in [-0.25, -0.2) is 0 Å². The standard InChI is InChI=1S/C17H12Br4N3SSe.BrH/c18-10-15-11-25-17-23(14-7-2-1-3-8-14)16(22-24(17)26(15,20)21)12-5-4-6-13(19)9-12;/h1-9,11H,10H2;1H/q+1;/p-1. The normalized spacial score (nSPS) is 16.1. The first-order chi connectivity index (χ1) is 12.5. The maximum Gasteiger partial charge on any atom is -1.00 e. The number of fused-ring (bicyclic) bond motifs is 1. The van der Waals surface area contributed by atoms with Crippen LogP contribution in [0.2, 0.25) is 0 Å². The van der Waals surface area contributed by atoms with Crippen LogP contribution in [-0.2, 0) is 0 Å². The van der Waals surface area contributed by atoms with Crippen molar-refractivity contribution >= 4 is 81.3 Å². The predicted octanol–water partition coefficient (Wildman–Crippen LogP) is 3.09. The summed E-state index contributed by atoms with van der Waals surface area (Å²) in [5.74, 6) is 0.921. The molecule has 4 rings (SSSR count). The van der Waals surface area contributed by atoms with E-state index in [2.05, 4.69) is 110 Å². The van der Waals surface area contributed by atoms with Gasteiger partial charge in [-0.05, 0) is 0 Å². The van der Waals surface area contributed by atoms with Crippen molar-refractivity contribution in [1.82, 2.24) is 8.80 Å². The summed E-state index contributed by atoms with van der Waals surface area (Å²) in [7, 11) is -2.45. The molecule has 0 fully saturated rings. The molecule has 0 saturated carbocycles. The number of thioether (sulfide) groups is 1. The zero-order valence-electron chi connectivity index (χ0n) is 13.5. The van der Waals surface area contributed by atoms with Gasteiger partial charge in [0.2, 0.25) is 0 Å². The molecule has 3 aromatic rings. The third-order valence-corrected chi connectivity index (χ3v) is 17.8. The van der Waals surface area contributed by atoms with Crippen LogP contribution in [0.1, 0.15) is 0 Å². The molecule has 1 aliphatic rings. The van der Waals surface area contributed by atoms with Crippen molar-refractivity contribution in [3.05, 3.63) is 68.9 Å². The first-order valence-corrected chi connectivity index (χ1v) is 20.0. The Kier molecular flexibility index (Phi) is 7.56. The quantitative estimate of drug-likeness (QED) is 0.233. The number of nitrogens with zero attached hydrogens (tertiary/aromatic N) is 3. The fourth-order valence-electron chi connectivity index (χ4n) is 2.61. The summed E-state index contributed by atoms with van der Waals surface area (Å²) in [6.45, 7) is 0. The third-order valence-electron chi connectivity index (χ3n) is 3.81. The molecule has 0 amide bonds. The molecule has 0 atom stereocenters. The number of hydrogen-bond donors (Lipinski definition) is 0. The van der Waals surface area contributed by atoms with E-state index in [1.165, 1.54) is 4.47 Å². The molecule has 0 spiro atoms. The molecule has 0 radical (unpaired) electrons. The van der Waals surface area contributed by atoms with Crippen LogP contribution in [0.5, 0.6) is 0 Å². The van der Waals surface area contributed by atoms with E-state index in [9.17, 15) is 0 Å². The van der Waals surface area contributed by atoms with Crippen LogP contribution in [0.25, 0.3) is 17.1 Å². The van der Waals surface area contributed by atoms with Crippen molar-refractivity contribution in [2.75, 3.05) is 5.33 Å². The summed E-state index contributed by atoms with van der Waals surface area (Å²) >= 11 is 16.8. The summed E-state index contributed by atoms with van der Waals surface area (Å²) in [6, 6.07) is 18.6. The van der Waals surface area contributed by atoms with Crippen LogP contribution in [0.15, 0.2) is 74.1 Å². The molecule has 27 heavy (non-hydrogen) atoms. The molecule has 1 aromatic heterocycles. The first kappa shape index (κ1) is 22.3. The zero-order valence-corrected chi connectivity index (χ0v) is 24.0. The number of rotatable bonds is 3. The molecule has 2 aromatic carbocycles. The van der Waals surface area contributed by atoms with E-state index < -0.39 is 9.45 Å². The minimum atomic E-state index is -2.45. The van der Waals surface area contributed by atoms with Gasteiger partial charge in [-0.3, -0.25) is 0 Å². The Bertz CT molecular complexity index is 1010. The fourth-order valence-corrected chi connectivity index (χ4v) is 19.4. The Morgan fingerprint density at radius 2 is 1.81 bits per heavy atom. The van der Waals surface area contributed by atoms with Crippen LogP contribution in [0.4, 0.5) is 0 Å². The number of aromatic nitrogens is 3. The summed E-state index contributed by atoms with van der Waals surface area (Å²) < 4.78 is 6.71. The van der Waals surface area contributed by atoms with E-state index in [1.807, 2.05) is 18.2 Å². The van der Waals surface area contributed by atoms with Crippen molar-refractivity contribution in [3.63, 3.8) is 0 Å². The zero-order chi connectivity index (χ0) is 18.3. The maximum absolute atomic E-state index is 5.04. The van der Waals surface area contributed by atoms with Crippen molar-refractivity contribution in [3.8, 4) is 17.1 Å². The topological polar surface area (TPSA) is 21.7 Å². The van der Waals surface area contributed by atoms with Crippen LogP contribution < -0.4 is 21.5 Å². The smallest absolute Gasteiger partial charge is 1.00 e. The maximum atomic E-state index is 5.04. The molecule has 0 N–H and O–H groups in total. The Morgan fingerprint density at radius 3 is 2.48 bits per heavy atom. The summed E-state index contributed by atoms with van der Waals surface area (Å²) in [6.07, 6.45) is 0. The Labute approximate surface area is 205 Å². The number of allylic oxidation sites excluding steroid dienone is 1. The Balaban J connectivity index is 0.00000210. The van der Waals surface area contributed by atoms with Gasteiger partial charge in [0.05, 0.1) is 0 Å². The van der Waals surface area contributed by atoms with Gasteiger partial charge in [0.1, 0.15) is 0 Å². The molecular weight excluding hydrogens is 757 g/mol. The number of hydrogen-bond acceptors (Lipinski definition) is 2. The average molecular weight is 769 g/mol. The van der Waals surface area contributed by atoms with Crippen LogP contribution in [0.3, 0.4) is 0 Å². The van der Waals surface area contributed by atoms with Crippen LogP contribution in [-0.4, -0.2) is 23.6 Å². The van der Waals surface area contributed by atoms with E-state index in [0.717, 1.165) is 32.0 Å². The van der Waals surface area contributed by atoms with Gasteiger partial charge < -0.3 is 17.0 Å². The second-order valence-corrected chi connectivity index (χ2v) is 25.7. The Morgan fingerprint density at radius 1 is 1.07 bits per heavy atom. The van der Waals surface area contributed by atoms with Crippen molar-refractivity contribution in [2.45, 2.75) is 5.16 Å². The molecule has 0 aliphatic carbocycles. The van der Waals surface area contributed by atoms with Gasteiger partial charge in [-0.1, -0.05) is 0 Å². The monoisotopic (exact) mass is 765 g/mol. The molecule has 3 nitrogen and oxygen atoms in total. The number of benzene rings is 2. The molecule has 142 valence electrons. The molecular formula is C17H12Br5N3SSe. The van der Waals surface area contributed by atoms with Crippen LogP contribution in [0, 0.1) is 0 Å². The SMILES string of the molecule is BrCC1=CSc2n(nc(-c3cccc(Br)c3)[n+]2-c2ccccc2)[Se]1(Br)Br.[Br-]. The van der Waals surface area contributed by atoms with Crippen molar-refractivity contribution in [2.24, 2.45) is 0 Å². The number of alkyl halides is 1. The van der Waals surface area contributed by atoms with Gasteiger partial charge in [-0.2, -0.15) is 0 Å². The number of halogens is 5. The van der Waals surface area contributed by atoms with Gasteiger partial charge in [-0.15, -0.1) is 0 Å². The van der Waals surface area contributed by atoms with E-state index >= 15 is 0 Å². The molecule has 1 aliphatic heterocycles. The minimum absolute atomic E-state index is 0. The molecule has 2 heterocycles. The van der Waals surface area contributed by atoms with E-state index in [4.69, 9.17) is 5.10 Å². The van der Waals surface area contributed by atoms with E-state index in [1.54, 1.807) is 11.8 Å². The second-order valence-electron chi connectivity index (χ2n) is 5.44. The van der Waals surface area contributed by atoms with Crippen molar-refractivity contribution < 1.29 is 21.5 Å². The van der Waals surface area contributed by atoms with Gasteiger partial charge in [0.25, 0.3) is 0 Å². The molecule has 0 unspecified atom stereocenters. The molecule has 10 heteroatoms. The van der Waals surface area contributed by atoms with Crippen LogP contribution >= 0.6 is 71.8 Å². The summed E-state index contributed by atoms with van der Waals surface area (Å²) in [4.78, 5) is 0. The summed E-state index contributed by atoms with van der Waals surface area (Å²) in [5.41, 5.74) is 2.17. The van der Waals surface area contributed by atoms with Gasteiger partial charge >= 0.3 is 191 Å². The minimum Gasteiger partial charge on any atom is -1.00 e. The van der Waals surface area contributed by atoms with Gasteiger partial charge in [0, 0.05) is 0 Å². The third kappa shape index (κ3) is 4.24. The molecule has 0 saturated heterocycles. The van der Waals surface area contributed by atoms with Crippen molar-refractivity contribution in [1.29, 1.82) is 0 Å². The van der Waals surface area contributed by atoms with Gasteiger partial charge in [0.15, 0.2) is 0 Å². The largest absolute Gasteiger partial charge is 1.00 e. The molecule has 0 bridgehead atoms. The fraction of sp³-hybridized carbons (Fsp3) is 0.0588. The van der Waals surface area contributed by atoms with E-state index in [0.29, 0.717) is 0 Å². The predicted molar refractivity (Wildman–Crippen MR) is 124 cm³/mol. The Hall–Kier alpha value is 0.589. The summed E-state index contributed by atoms with van der Waals surface area (Å²) in [5, 5.41) is 9.16. The number of para-hydroxylation sites is 1. The second kappa shape index (κ2) is 9.16. The average Bonchev–Trinajstić information content (AvgIpc) is 3.03. The first-order valence-electron chi connectivity index (χ1n) is 7.53.